The first-order chi connectivity index (χ1) is 17.7. The Bertz CT molecular complexity index is 1300. The van der Waals surface area contributed by atoms with Gasteiger partial charge in [-0.2, -0.15) is 0 Å². The zero-order chi connectivity index (χ0) is 24.7. The Morgan fingerprint density at radius 2 is 1.92 bits per heavy atom. The fraction of sp³-hybridized carbons (Fsp3) is 0.346. The van der Waals surface area contributed by atoms with Crippen LogP contribution < -0.4 is 16.4 Å². The molecule has 0 saturated carbocycles. The Morgan fingerprint density at radius 1 is 1.06 bits per heavy atom. The zero-order valence-electron chi connectivity index (χ0n) is 20.2. The lowest BCUT2D eigenvalue weighted by atomic mass is 9.93. The van der Waals surface area contributed by atoms with Crippen molar-refractivity contribution in [2.24, 2.45) is 5.92 Å². The van der Waals surface area contributed by atoms with Crippen molar-refractivity contribution in [3.63, 3.8) is 0 Å². The predicted molar refractivity (Wildman–Crippen MR) is 147 cm³/mol. The van der Waals surface area contributed by atoms with E-state index in [1.54, 1.807) is 18.5 Å². The molecule has 0 radical (unpaired) electrons. The number of piperidine rings is 1. The molecule has 0 spiro atoms. The number of anilines is 2. The van der Waals surface area contributed by atoms with E-state index in [1.807, 2.05) is 36.7 Å². The van der Waals surface area contributed by atoms with Crippen molar-refractivity contribution in [3.8, 4) is 0 Å². The fourth-order valence-electron chi connectivity index (χ4n) is 4.66. The molecular weight excluding hydrogens is 470 g/mol. The van der Waals surface area contributed by atoms with Crippen LogP contribution in [0, 0.1) is 5.92 Å². The molecule has 1 aliphatic rings. The van der Waals surface area contributed by atoms with Gasteiger partial charge in [0.15, 0.2) is 10.8 Å². The summed E-state index contributed by atoms with van der Waals surface area (Å²) in [4.78, 5) is 20.6. The first-order valence-corrected chi connectivity index (χ1v) is 12.7. The fourth-order valence-corrected chi connectivity index (χ4v) is 4.87. The number of hydrogen-bond donors (Lipinski definition) is 3. The largest absolute Gasteiger partial charge is 0.397 e. The minimum Gasteiger partial charge on any atom is -0.397 e. The molecule has 5 heterocycles. The molecular formula is C26H31N9S. The first-order valence-electron chi connectivity index (χ1n) is 12.3. The highest BCUT2D eigenvalue weighted by Gasteiger charge is 2.22. The van der Waals surface area contributed by atoms with E-state index in [0.29, 0.717) is 23.3 Å². The van der Waals surface area contributed by atoms with Gasteiger partial charge >= 0.3 is 0 Å². The highest BCUT2D eigenvalue weighted by atomic mass is 32.1. The second-order valence-electron chi connectivity index (χ2n) is 9.11. The maximum Gasteiger partial charge on any atom is 0.170 e. The quantitative estimate of drug-likeness (QED) is 0.314. The van der Waals surface area contributed by atoms with Crippen molar-refractivity contribution < 1.29 is 0 Å². The third kappa shape index (κ3) is 5.95. The number of aromatic nitrogens is 5. The van der Waals surface area contributed by atoms with E-state index in [0.717, 1.165) is 73.8 Å². The predicted octanol–water partition coefficient (Wildman–Crippen LogP) is 3.09. The van der Waals surface area contributed by atoms with Crippen LogP contribution in [0.1, 0.15) is 24.4 Å². The molecule has 4 aromatic heterocycles. The van der Waals surface area contributed by atoms with Crippen LogP contribution in [0.4, 0.5) is 11.4 Å². The summed E-state index contributed by atoms with van der Waals surface area (Å²) in [5.41, 5.74) is 10.2. The number of nitrogen functional groups attached to an aromatic ring is 1. The number of nitrogens with one attached hydrogen (secondary N) is 2. The molecule has 0 atom stereocenters. The summed E-state index contributed by atoms with van der Waals surface area (Å²) in [6.45, 7) is 4.55. The molecule has 10 heteroatoms. The van der Waals surface area contributed by atoms with Crippen LogP contribution in [0.3, 0.4) is 0 Å². The lowest BCUT2D eigenvalue weighted by molar-refractivity contribution is 0.185. The maximum atomic E-state index is 5.94. The molecule has 4 N–H and O–H groups in total. The van der Waals surface area contributed by atoms with Gasteiger partial charge in [0, 0.05) is 38.1 Å². The highest BCUT2D eigenvalue weighted by molar-refractivity contribution is 7.80. The SMILES string of the molecule is Nc1ccncc1NC(=S)NCCN1CCC(Cc2nc3cccnc3n2Cc2ccccn2)CC1. The summed E-state index contributed by atoms with van der Waals surface area (Å²) in [6.07, 6.45) is 10.3. The Balaban J connectivity index is 1.12. The van der Waals surface area contributed by atoms with Crippen molar-refractivity contribution in [2.45, 2.75) is 25.8 Å². The van der Waals surface area contributed by atoms with Gasteiger partial charge in [0.1, 0.15) is 11.3 Å². The topological polar surface area (TPSA) is 110 Å². The molecule has 0 aromatic carbocycles. The molecule has 9 nitrogen and oxygen atoms in total. The number of pyridine rings is 3. The van der Waals surface area contributed by atoms with E-state index >= 15 is 0 Å². The number of thiocarbonyl (C=S) groups is 1. The lowest BCUT2D eigenvalue weighted by Gasteiger charge is -2.32. The van der Waals surface area contributed by atoms with Crippen molar-refractivity contribution in [1.82, 2.24) is 34.7 Å². The second-order valence-corrected chi connectivity index (χ2v) is 9.52. The molecule has 0 aliphatic carbocycles. The van der Waals surface area contributed by atoms with Gasteiger partial charge in [-0.05, 0) is 74.4 Å². The van der Waals surface area contributed by atoms with E-state index in [2.05, 4.69) is 41.1 Å². The number of imidazole rings is 1. The van der Waals surface area contributed by atoms with Crippen molar-refractivity contribution in [2.75, 3.05) is 37.2 Å². The van der Waals surface area contributed by atoms with Crippen LogP contribution in [-0.4, -0.2) is 60.7 Å². The zero-order valence-corrected chi connectivity index (χ0v) is 21.0. The second kappa shape index (κ2) is 11.4. The van der Waals surface area contributed by atoms with Crippen molar-refractivity contribution in [1.29, 1.82) is 0 Å². The van der Waals surface area contributed by atoms with Gasteiger partial charge in [-0.15, -0.1) is 0 Å². The first kappa shape index (κ1) is 24.1. The smallest absolute Gasteiger partial charge is 0.170 e. The summed E-state index contributed by atoms with van der Waals surface area (Å²) < 4.78 is 2.23. The summed E-state index contributed by atoms with van der Waals surface area (Å²) in [5.74, 6) is 1.70. The summed E-state index contributed by atoms with van der Waals surface area (Å²) in [7, 11) is 0. The lowest BCUT2D eigenvalue weighted by Crippen LogP contribution is -2.41. The Hall–Kier alpha value is -3.63. The minimum absolute atomic E-state index is 0.560. The third-order valence-corrected chi connectivity index (χ3v) is 6.87. The van der Waals surface area contributed by atoms with Crippen LogP contribution in [0.5, 0.6) is 0 Å². The molecule has 0 bridgehead atoms. The molecule has 0 unspecified atom stereocenters. The van der Waals surface area contributed by atoms with Crippen LogP contribution in [0.2, 0.25) is 0 Å². The van der Waals surface area contributed by atoms with Crippen molar-refractivity contribution in [3.05, 3.63) is 72.7 Å². The van der Waals surface area contributed by atoms with Gasteiger partial charge < -0.3 is 25.8 Å². The van der Waals surface area contributed by atoms with Gasteiger partial charge in [-0.25, -0.2) is 9.97 Å². The third-order valence-electron chi connectivity index (χ3n) is 6.62. The number of nitrogens with zero attached hydrogens (tertiary/aromatic N) is 6. The molecule has 186 valence electrons. The van der Waals surface area contributed by atoms with Crippen LogP contribution >= 0.6 is 12.2 Å². The van der Waals surface area contributed by atoms with Crippen LogP contribution in [0.15, 0.2) is 61.2 Å². The Kier molecular flexibility index (Phi) is 7.63. The molecule has 1 fully saturated rings. The van der Waals surface area contributed by atoms with Gasteiger partial charge in [0.05, 0.1) is 29.8 Å². The standard InChI is InChI=1S/C26H31N9S/c27-21-6-11-28-17-23(21)33-26(36)31-12-15-34-13-7-19(8-14-34)16-24-32-22-5-3-10-30-25(22)35(24)18-20-4-1-2-9-29-20/h1-6,9-11,17,19H,7-8,12-16,18H2,(H2,27,28)(H2,31,33,36). The van der Waals surface area contributed by atoms with E-state index in [1.165, 1.54) is 0 Å². The number of hydrogen-bond acceptors (Lipinski definition) is 7. The molecule has 0 amide bonds. The maximum absolute atomic E-state index is 5.94. The number of rotatable bonds is 8. The highest BCUT2D eigenvalue weighted by Crippen LogP contribution is 2.24. The summed E-state index contributed by atoms with van der Waals surface area (Å²) >= 11 is 5.40. The van der Waals surface area contributed by atoms with Gasteiger partial charge in [-0.3, -0.25) is 9.97 Å². The molecule has 1 saturated heterocycles. The van der Waals surface area contributed by atoms with E-state index in [-0.39, 0.29) is 0 Å². The van der Waals surface area contributed by atoms with Gasteiger partial charge in [0.25, 0.3) is 0 Å². The average Bonchev–Trinajstić information content (AvgIpc) is 3.24. The Labute approximate surface area is 216 Å². The average molecular weight is 502 g/mol. The number of likely N-dealkylation sites (tertiary alicyclic amines) is 1. The van der Waals surface area contributed by atoms with Crippen LogP contribution in [0.25, 0.3) is 11.2 Å². The van der Waals surface area contributed by atoms with E-state index < -0.39 is 0 Å². The minimum atomic E-state index is 0.560. The molecule has 4 aromatic rings. The van der Waals surface area contributed by atoms with E-state index in [9.17, 15) is 0 Å². The monoisotopic (exact) mass is 501 g/mol. The summed E-state index contributed by atoms with van der Waals surface area (Å²) in [5, 5.41) is 6.94. The molecule has 36 heavy (non-hydrogen) atoms. The molecule has 5 rings (SSSR count). The van der Waals surface area contributed by atoms with Gasteiger partial charge in [0.2, 0.25) is 0 Å². The summed E-state index contributed by atoms with van der Waals surface area (Å²) in [6, 6.07) is 11.8. The normalized spacial score (nSPS) is 14.7. The van der Waals surface area contributed by atoms with E-state index in [4.69, 9.17) is 22.9 Å². The number of fused-ring (bicyclic) bond motifs is 1. The molecule has 1 aliphatic heterocycles. The van der Waals surface area contributed by atoms with Crippen molar-refractivity contribution >= 4 is 39.9 Å². The number of nitrogens with two attached hydrogens (primary N) is 1. The van der Waals surface area contributed by atoms with Gasteiger partial charge in [-0.1, -0.05) is 6.07 Å². The van der Waals surface area contributed by atoms with Crippen LogP contribution in [-0.2, 0) is 13.0 Å². The Morgan fingerprint density at radius 3 is 2.72 bits per heavy atom.